The van der Waals surface area contributed by atoms with E-state index in [2.05, 4.69) is 10.6 Å². The van der Waals surface area contributed by atoms with Gasteiger partial charge in [0.2, 0.25) is 0 Å². The minimum Gasteiger partial charge on any atom is -0.464 e. The number of aryl methyl sites for hydroxylation is 1. The van der Waals surface area contributed by atoms with Crippen molar-refractivity contribution in [1.82, 2.24) is 5.32 Å². The minimum absolute atomic E-state index is 0.252. The summed E-state index contributed by atoms with van der Waals surface area (Å²) < 4.78 is 15.6. The van der Waals surface area contributed by atoms with Crippen LogP contribution in [0.3, 0.4) is 0 Å². The quantitative estimate of drug-likeness (QED) is 0.430. The molecule has 0 saturated carbocycles. The van der Waals surface area contributed by atoms with Crippen LogP contribution >= 0.6 is 11.3 Å². The molecule has 162 valence electrons. The highest BCUT2D eigenvalue weighted by Crippen LogP contribution is 2.30. The fourth-order valence-corrected chi connectivity index (χ4v) is 4.72. The molecule has 0 bridgehead atoms. The molecule has 3 aromatic rings. The summed E-state index contributed by atoms with van der Waals surface area (Å²) >= 11 is 1.19. The molecule has 0 aliphatic carbocycles. The highest BCUT2D eigenvalue weighted by molar-refractivity contribution is 7.14. The Bertz CT molecular complexity index is 1170. The van der Waals surface area contributed by atoms with E-state index in [0.29, 0.717) is 21.0 Å². The first-order chi connectivity index (χ1) is 14.8. The molecule has 1 fully saturated rings. The van der Waals surface area contributed by atoms with E-state index in [4.69, 9.17) is 13.9 Å². The van der Waals surface area contributed by atoms with Gasteiger partial charge < -0.3 is 24.5 Å². The first-order valence-corrected chi connectivity index (χ1v) is 10.5. The molecule has 4 rings (SSSR count). The second-order valence-electron chi connectivity index (χ2n) is 7.60. The maximum absolute atomic E-state index is 12.9. The topological polar surface area (TPSA) is 107 Å². The number of Topliss-reactive ketones (excluding diaryl/α,β-unsaturated/α-hetero) is 1. The van der Waals surface area contributed by atoms with E-state index in [1.54, 1.807) is 32.2 Å². The molecule has 2 aromatic heterocycles. The van der Waals surface area contributed by atoms with Gasteiger partial charge in [0.15, 0.2) is 0 Å². The van der Waals surface area contributed by atoms with Gasteiger partial charge >= 0.3 is 0 Å². The molecule has 0 radical (unpaired) electrons. The maximum Gasteiger partial charge on any atom is 0.293 e. The Labute approximate surface area is 182 Å². The zero-order valence-corrected chi connectivity index (χ0v) is 18.2. The molecule has 0 spiro atoms. The number of carbonyl (C=O) groups excluding carboxylic acids is 3. The van der Waals surface area contributed by atoms with Crippen LogP contribution in [0.5, 0.6) is 0 Å². The van der Waals surface area contributed by atoms with Crippen molar-refractivity contribution in [2.45, 2.75) is 19.4 Å². The second-order valence-corrected chi connectivity index (χ2v) is 8.83. The number of thiophene rings is 1. The first-order valence-electron chi connectivity index (χ1n) is 9.66. The molecule has 9 heteroatoms. The summed E-state index contributed by atoms with van der Waals surface area (Å²) in [5.41, 5.74) is 1.39. The number of ketones is 1. The molecular weight excluding hydrogens is 420 g/mol. The number of carbonyl (C=O) groups is 3. The molecule has 2 N–H and O–H groups in total. The van der Waals surface area contributed by atoms with Crippen LogP contribution < -0.4 is 10.6 Å². The van der Waals surface area contributed by atoms with Crippen molar-refractivity contribution in [2.24, 2.45) is 0 Å². The molecule has 0 atom stereocenters. The van der Waals surface area contributed by atoms with Crippen molar-refractivity contribution in [2.75, 3.05) is 32.2 Å². The average Bonchev–Trinajstić information content (AvgIpc) is 3.29. The van der Waals surface area contributed by atoms with Crippen molar-refractivity contribution in [3.05, 3.63) is 51.4 Å². The van der Waals surface area contributed by atoms with Crippen molar-refractivity contribution in [1.29, 1.82) is 0 Å². The van der Waals surface area contributed by atoms with Gasteiger partial charge in [-0.3, -0.25) is 14.4 Å². The standard InChI is InChI=1S/C22H22N2O6S/c1-12-17(18(25)20(26)24-22(9-28-3)10-29-11-22)13(2)31-19(12)21(27)23-15-4-5-16-14(8-15)6-7-30-16/h4-8H,9-11H2,1-3H3,(H,23,27)(H,24,26). The number of anilines is 1. The third-order valence-electron chi connectivity index (χ3n) is 5.23. The molecule has 31 heavy (non-hydrogen) atoms. The van der Waals surface area contributed by atoms with Gasteiger partial charge in [-0.25, -0.2) is 0 Å². The number of hydrogen-bond donors (Lipinski definition) is 2. The van der Waals surface area contributed by atoms with E-state index in [1.165, 1.54) is 18.4 Å². The molecule has 1 aromatic carbocycles. The Morgan fingerprint density at radius 3 is 2.65 bits per heavy atom. The lowest BCUT2D eigenvalue weighted by molar-refractivity contribution is -0.135. The highest BCUT2D eigenvalue weighted by atomic mass is 32.1. The zero-order valence-electron chi connectivity index (χ0n) is 17.4. The van der Waals surface area contributed by atoms with Crippen LogP contribution in [0.15, 0.2) is 34.9 Å². The number of nitrogens with one attached hydrogen (secondary N) is 2. The van der Waals surface area contributed by atoms with E-state index in [9.17, 15) is 14.4 Å². The average molecular weight is 442 g/mol. The molecule has 1 saturated heterocycles. The molecule has 1 aliphatic rings. The van der Waals surface area contributed by atoms with Gasteiger partial charge in [0.05, 0.1) is 31.0 Å². The third-order valence-corrected chi connectivity index (χ3v) is 6.43. The monoisotopic (exact) mass is 442 g/mol. The lowest BCUT2D eigenvalue weighted by Gasteiger charge is -2.41. The fraction of sp³-hybridized carbons (Fsp3) is 0.318. The normalized spacial score (nSPS) is 14.8. The summed E-state index contributed by atoms with van der Waals surface area (Å²) in [5, 5.41) is 6.45. The van der Waals surface area contributed by atoms with Crippen LogP contribution in [0, 0.1) is 13.8 Å². The van der Waals surface area contributed by atoms with Crippen molar-refractivity contribution >= 4 is 45.6 Å². The molecular formula is C22H22N2O6S. The summed E-state index contributed by atoms with van der Waals surface area (Å²) in [6.07, 6.45) is 1.58. The van der Waals surface area contributed by atoms with Crippen molar-refractivity contribution in [3.63, 3.8) is 0 Å². The maximum atomic E-state index is 12.9. The second kappa shape index (κ2) is 8.26. The highest BCUT2D eigenvalue weighted by Gasteiger charge is 2.42. The summed E-state index contributed by atoms with van der Waals surface area (Å²) in [5.74, 6) is -1.75. The Kier molecular flexibility index (Phi) is 5.65. The molecule has 1 aliphatic heterocycles. The predicted octanol–water partition coefficient (Wildman–Crippen LogP) is 3.08. The van der Waals surface area contributed by atoms with Gasteiger partial charge in [-0.1, -0.05) is 0 Å². The molecule has 2 amide bonds. The lowest BCUT2D eigenvalue weighted by Crippen LogP contribution is -2.65. The van der Waals surface area contributed by atoms with Crippen LogP contribution in [-0.4, -0.2) is 50.1 Å². The SMILES string of the molecule is COCC1(NC(=O)C(=O)c2c(C)sc(C(=O)Nc3ccc4occc4c3)c2C)COC1. The van der Waals surface area contributed by atoms with E-state index in [1.807, 2.05) is 12.1 Å². The molecule has 3 heterocycles. The number of hydrogen-bond acceptors (Lipinski definition) is 7. The van der Waals surface area contributed by atoms with E-state index in [-0.39, 0.29) is 31.3 Å². The minimum atomic E-state index is -0.735. The van der Waals surface area contributed by atoms with E-state index in [0.717, 1.165) is 11.0 Å². The summed E-state index contributed by atoms with van der Waals surface area (Å²) in [7, 11) is 1.52. The van der Waals surface area contributed by atoms with Gasteiger partial charge in [0.25, 0.3) is 17.6 Å². The number of benzene rings is 1. The van der Waals surface area contributed by atoms with Gasteiger partial charge in [-0.05, 0) is 43.7 Å². The summed E-state index contributed by atoms with van der Waals surface area (Å²) in [6.45, 7) is 4.23. The van der Waals surface area contributed by atoms with Crippen LogP contribution in [0.25, 0.3) is 11.0 Å². The van der Waals surface area contributed by atoms with Gasteiger partial charge in [0, 0.05) is 28.6 Å². The van der Waals surface area contributed by atoms with Gasteiger partial charge in [0.1, 0.15) is 11.1 Å². The number of rotatable bonds is 7. The smallest absolute Gasteiger partial charge is 0.293 e. The first kappa shape index (κ1) is 21.2. The molecule has 0 unspecified atom stereocenters. The van der Waals surface area contributed by atoms with Gasteiger partial charge in [-0.15, -0.1) is 11.3 Å². The lowest BCUT2D eigenvalue weighted by atomic mass is 9.97. The van der Waals surface area contributed by atoms with Crippen LogP contribution in [-0.2, 0) is 14.3 Å². The largest absolute Gasteiger partial charge is 0.464 e. The number of furan rings is 1. The Morgan fingerprint density at radius 2 is 1.97 bits per heavy atom. The van der Waals surface area contributed by atoms with Crippen LogP contribution in [0.1, 0.15) is 30.5 Å². The van der Waals surface area contributed by atoms with Crippen molar-refractivity contribution < 1.29 is 28.3 Å². The van der Waals surface area contributed by atoms with Crippen molar-refractivity contribution in [3.8, 4) is 0 Å². The fourth-order valence-electron chi connectivity index (χ4n) is 3.66. The number of fused-ring (bicyclic) bond motifs is 1. The number of ether oxygens (including phenoxy) is 2. The Balaban J connectivity index is 1.52. The zero-order chi connectivity index (χ0) is 22.2. The van der Waals surface area contributed by atoms with Crippen LogP contribution in [0.4, 0.5) is 5.69 Å². The summed E-state index contributed by atoms with van der Waals surface area (Å²) in [4.78, 5) is 39.4. The van der Waals surface area contributed by atoms with E-state index < -0.39 is 17.2 Å². The van der Waals surface area contributed by atoms with E-state index >= 15 is 0 Å². The number of methoxy groups -OCH3 is 1. The third kappa shape index (κ3) is 3.99. The predicted molar refractivity (Wildman–Crippen MR) is 116 cm³/mol. The molecule has 8 nitrogen and oxygen atoms in total. The van der Waals surface area contributed by atoms with Gasteiger partial charge in [-0.2, -0.15) is 0 Å². The Morgan fingerprint density at radius 1 is 1.19 bits per heavy atom. The van der Waals surface area contributed by atoms with Crippen LogP contribution in [0.2, 0.25) is 0 Å². The summed E-state index contributed by atoms with van der Waals surface area (Å²) in [6, 6.07) is 7.14. The number of amides is 2. The Hall–Kier alpha value is -3.01.